The maximum absolute atomic E-state index is 11.9. The first-order valence-corrected chi connectivity index (χ1v) is 3.58. The largest absolute Gasteiger partial charge is 0.573 e. The molecule has 0 saturated carbocycles. The molecule has 4 nitrogen and oxygen atoms in total. The van der Waals surface area contributed by atoms with Gasteiger partial charge in [0.15, 0.2) is 12.0 Å². The highest BCUT2D eigenvalue weighted by atomic mass is 19.4. The number of aldehydes is 1. The van der Waals surface area contributed by atoms with Crippen molar-refractivity contribution in [1.82, 2.24) is 4.98 Å². The quantitative estimate of drug-likeness (QED) is 0.705. The van der Waals surface area contributed by atoms with E-state index in [0.29, 0.717) is 0 Å². The fourth-order valence-corrected chi connectivity index (χ4v) is 0.872. The monoisotopic (exact) mass is 216 g/mol. The van der Waals surface area contributed by atoms with Gasteiger partial charge in [-0.2, -0.15) is 5.26 Å². The molecule has 1 aromatic heterocycles. The molecule has 7 heteroatoms. The molecule has 1 rings (SSSR count). The SMILES string of the molecule is N#Cc1nccc(OC(F)(F)F)c1C=O. The standard InChI is InChI=1S/C8H3F3N2O2/c9-8(10,11)15-7-1-2-13-6(3-12)5(7)4-14/h1-2,4H. The number of pyridine rings is 1. The minimum absolute atomic E-state index is 0.0899. The fraction of sp³-hybridized carbons (Fsp3) is 0.125. The predicted molar refractivity (Wildman–Crippen MR) is 41.0 cm³/mol. The molecular formula is C8H3F3N2O2. The van der Waals surface area contributed by atoms with E-state index < -0.39 is 23.4 Å². The van der Waals surface area contributed by atoms with Crippen LogP contribution in [0.3, 0.4) is 0 Å². The first-order valence-electron chi connectivity index (χ1n) is 3.58. The zero-order valence-electron chi connectivity index (χ0n) is 7.08. The van der Waals surface area contributed by atoms with Crippen LogP contribution in [-0.2, 0) is 0 Å². The molecule has 0 aliphatic heterocycles. The number of hydrogen-bond acceptors (Lipinski definition) is 4. The van der Waals surface area contributed by atoms with Crippen molar-refractivity contribution in [2.24, 2.45) is 0 Å². The molecule has 0 radical (unpaired) electrons. The molecule has 0 N–H and O–H groups in total. The van der Waals surface area contributed by atoms with Crippen LogP contribution in [0.1, 0.15) is 16.1 Å². The Hall–Kier alpha value is -2.10. The highest BCUT2D eigenvalue weighted by molar-refractivity contribution is 5.82. The van der Waals surface area contributed by atoms with Gasteiger partial charge < -0.3 is 4.74 Å². The maximum atomic E-state index is 11.9. The Morgan fingerprint density at radius 1 is 1.53 bits per heavy atom. The van der Waals surface area contributed by atoms with Gasteiger partial charge >= 0.3 is 6.36 Å². The summed E-state index contributed by atoms with van der Waals surface area (Å²) in [4.78, 5) is 13.9. The number of rotatable bonds is 2. The van der Waals surface area contributed by atoms with E-state index >= 15 is 0 Å². The van der Waals surface area contributed by atoms with Gasteiger partial charge in [-0.25, -0.2) is 4.98 Å². The predicted octanol–water partition coefficient (Wildman–Crippen LogP) is 1.66. The summed E-state index contributed by atoms with van der Waals surface area (Å²) in [7, 11) is 0. The number of nitriles is 1. The van der Waals surface area contributed by atoms with Crippen molar-refractivity contribution >= 4 is 6.29 Å². The maximum Gasteiger partial charge on any atom is 0.573 e. The van der Waals surface area contributed by atoms with Crippen LogP contribution >= 0.6 is 0 Å². The van der Waals surface area contributed by atoms with E-state index in [1.807, 2.05) is 0 Å². The third-order valence-corrected chi connectivity index (χ3v) is 1.40. The minimum Gasteiger partial charge on any atom is -0.405 e. The first-order chi connectivity index (χ1) is 6.98. The second-order valence-corrected chi connectivity index (χ2v) is 2.35. The minimum atomic E-state index is -4.91. The number of ether oxygens (including phenoxy) is 1. The molecule has 0 atom stereocenters. The normalized spacial score (nSPS) is 10.5. The van der Waals surface area contributed by atoms with Crippen molar-refractivity contribution < 1.29 is 22.7 Å². The van der Waals surface area contributed by atoms with Crippen LogP contribution in [0.25, 0.3) is 0 Å². The van der Waals surface area contributed by atoms with Crippen LogP contribution < -0.4 is 4.74 Å². The van der Waals surface area contributed by atoms with E-state index in [-0.39, 0.29) is 6.29 Å². The molecule has 0 bridgehead atoms. The molecule has 78 valence electrons. The van der Waals surface area contributed by atoms with Crippen molar-refractivity contribution in [1.29, 1.82) is 5.26 Å². The molecule has 1 heterocycles. The van der Waals surface area contributed by atoms with Crippen molar-refractivity contribution in [2.45, 2.75) is 6.36 Å². The molecular weight excluding hydrogens is 213 g/mol. The van der Waals surface area contributed by atoms with E-state index in [9.17, 15) is 18.0 Å². The number of aromatic nitrogens is 1. The second kappa shape index (κ2) is 3.96. The number of hydrogen-bond donors (Lipinski definition) is 0. The molecule has 0 spiro atoms. The van der Waals surface area contributed by atoms with Crippen LogP contribution in [0.2, 0.25) is 0 Å². The number of nitrogens with zero attached hydrogens (tertiary/aromatic N) is 2. The summed E-state index contributed by atoms with van der Waals surface area (Å²) in [5, 5.41) is 8.46. The van der Waals surface area contributed by atoms with E-state index in [1.54, 1.807) is 0 Å². The van der Waals surface area contributed by atoms with Gasteiger partial charge in [-0.1, -0.05) is 0 Å². The molecule has 15 heavy (non-hydrogen) atoms. The Balaban J connectivity index is 3.19. The summed E-state index contributed by atoms with van der Waals surface area (Å²) in [5.74, 6) is -0.732. The average molecular weight is 216 g/mol. The third kappa shape index (κ3) is 2.67. The van der Waals surface area contributed by atoms with Gasteiger partial charge in [0.2, 0.25) is 0 Å². The van der Waals surface area contributed by atoms with Gasteiger partial charge in [-0.05, 0) is 6.07 Å². The highest BCUT2D eigenvalue weighted by Crippen LogP contribution is 2.26. The number of carbonyl (C=O) groups excluding carboxylic acids is 1. The molecule has 0 fully saturated rings. The van der Waals surface area contributed by atoms with Crippen molar-refractivity contribution in [2.75, 3.05) is 0 Å². The van der Waals surface area contributed by atoms with Gasteiger partial charge in [0, 0.05) is 6.20 Å². The van der Waals surface area contributed by atoms with E-state index in [1.165, 1.54) is 6.07 Å². The highest BCUT2D eigenvalue weighted by Gasteiger charge is 2.32. The first kappa shape index (κ1) is 11.0. The molecule has 0 aliphatic carbocycles. The molecule has 0 unspecified atom stereocenters. The number of halogens is 3. The summed E-state index contributed by atoms with van der Waals surface area (Å²) in [5.41, 5.74) is -0.927. The Morgan fingerprint density at radius 2 is 2.20 bits per heavy atom. The lowest BCUT2D eigenvalue weighted by Crippen LogP contribution is -2.18. The smallest absolute Gasteiger partial charge is 0.405 e. The van der Waals surface area contributed by atoms with Gasteiger partial charge in [0.1, 0.15) is 11.8 Å². The Labute approximate surface area is 81.9 Å². The van der Waals surface area contributed by atoms with Crippen LogP contribution in [0, 0.1) is 11.3 Å². The molecule has 1 aromatic rings. The Morgan fingerprint density at radius 3 is 2.67 bits per heavy atom. The topological polar surface area (TPSA) is 63.0 Å². The summed E-state index contributed by atoms with van der Waals surface area (Å²) in [6.07, 6.45) is -3.87. The van der Waals surface area contributed by atoms with Gasteiger partial charge in [0.05, 0.1) is 5.56 Å². The number of alkyl halides is 3. The van der Waals surface area contributed by atoms with Crippen LogP contribution in [0.4, 0.5) is 13.2 Å². The molecule has 0 saturated heterocycles. The summed E-state index contributed by atoms with van der Waals surface area (Å²) >= 11 is 0. The van der Waals surface area contributed by atoms with Gasteiger partial charge in [-0.3, -0.25) is 4.79 Å². The van der Waals surface area contributed by atoms with Gasteiger partial charge in [-0.15, -0.1) is 13.2 Å². The lowest BCUT2D eigenvalue weighted by molar-refractivity contribution is -0.274. The summed E-state index contributed by atoms with van der Waals surface area (Å²) < 4.78 is 39.1. The zero-order valence-corrected chi connectivity index (χ0v) is 7.08. The lowest BCUT2D eigenvalue weighted by Gasteiger charge is -2.10. The Kier molecular flexibility index (Phi) is 2.90. The fourth-order valence-electron chi connectivity index (χ4n) is 0.872. The third-order valence-electron chi connectivity index (χ3n) is 1.40. The van der Waals surface area contributed by atoms with E-state index in [0.717, 1.165) is 12.3 Å². The van der Waals surface area contributed by atoms with Crippen LogP contribution in [0.5, 0.6) is 5.75 Å². The second-order valence-electron chi connectivity index (χ2n) is 2.35. The zero-order chi connectivity index (χ0) is 11.5. The van der Waals surface area contributed by atoms with Crippen LogP contribution in [0.15, 0.2) is 12.3 Å². The van der Waals surface area contributed by atoms with E-state index in [4.69, 9.17) is 5.26 Å². The summed E-state index contributed by atoms with van der Waals surface area (Å²) in [6.45, 7) is 0. The van der Waals surface area contributed by atoms with Crippen molar-refractivity contribution in [3.63, 3.8) is 0 Å². The molecule has 0 amide bonds. The van der Waals surface area contributed by atoms with Gasteiger partial charge in [0.25, 0.3) is 0 Å². The lowest BCUT2D eigenvalue weighted by atomic mass is 10.2. The van der Waals surface area contributed by atoms with Crippen LogP contribution in [-0.4, -0.2) is 17.6 Å². The summed E-state index contributed by atoms with van der Waals surface area (Å²) in [6, 6.07) is 2.34. The van der Waals surface area contributed by atoms with Crippen molar-refractivity contribution in [3.05, 3.63) is 23.5 Å². The Bertz CT molecular complexity index is 423. The molecule has 0 aromatic carbocycles. The van der Waals surface area contributed by atoms with Crippen molar-refractivity contribution in [3.8, 4) is 11.8 Å². The number of carbonyl (C=O) groups is 1. The molecule has 0 aliphatic rings. The van der Waals surface area contributed by atoms with E-state index in [2.05, 4.69) is 9.72 Å². The average Bonchev–Trinajstić information content (AvgIpc) is 2.15.